The molecule has 2 heterocycles. The Hall–Kier alpha value is -1.83. The van der Waals surface area contributed by atoms with Crippen molar-refractivity contribution in [3.05, 3.63) is 68.5 Å². The fourth-order valence-electron chi connectivity index (χ4n) is 2.13. The van der Waals surface area contributed by atoms with E-state index in [0.717, 1.165) is 22.1 Å². The van der Waals surface area contributed by atoms with Crippen molar-refractivity contribution in [3.63, 3.8) is 0 Å². The van der Waals surface area contributed by atoms with Crippen LogP contribution in [0.1, 0.15) is 15.9 Å². The summed E-state index contributed by atoms with van der Waals surface area (Å²) in [5.41, 5.74) is 0.861. The molecule has 0 radical (unpaired) electrons. The van der Waals surface area contributed by atoms with Gasteiger partial charge in [0.15, 0.2) is 4.96 Å². The number of carbonyl (C=O) groups excluding carboxylic acids is 1. The van der Waals surface area contributed by atoms with Crippen LogP contribution in [0, 0.1) is 0 Å². The molecule has 0 aliphatic heterocycles. The van der Waals surface area contributed by atoms with Crippen molar-refractivity contribution >= 4 is 45.6 Å². The van der Waals surface area contributed by atoms with Crippen molar-refractivity contribution in [1.29, 1.82) is 0 Å². The van der Waals surface area contributed by atoms with E-state index in [1.54, 1.807) is 23.3 Å². The maximum absolute atomic E-state index is 12.2. The summed E-state index contributed by atoms with van der Waals surface area (Å²) in [6.45, 7) is 0.482. The van der Waals surface area contributed by atoms with Gasteiger partial charge in [0.25, 0.3) is 11.5 Å². The van der Waals surface area contributed by atoms with Crippen LogP contribution in [0.2, 0.25) is 5.02 Å². The Bertz CT molecular complexity index is 923. The molecule has 0 saturated heterocycles. The number of benzene rings is 1. The van der Waals surface area contributed by atoms with Gasteiger partial charge in [-0.2, -0.15) is 11.8 Å². The standard InChI is InChI=1S/C16H14ClN3O2S2/c17-12-3-1-2-11(8-12)10-23-6-4-18-14(21)13-9-19-16-20(15(13)22)5-7-24-16/h1-3,5,7-9H,4,6,10H2,(H,18,21). The van der Waals surface area contributed by atoms with Crippen LogP contribution in [0.3, 0.4) is 0 Å². The minimum atomic E-state index is -0.392. The number of aromatic nitrogens is 2. The smallest absolute Gasteiger partial charge is 0.271 e. The Morgan fingerprint density at radius 3 is 3.12 bits per heavy atom. The molecule has 0 saturated carbocycles. The van der Waals surface area contributed by atoms with E-state index in [4.69, 9.17) is 11.6 Å². The van der Waals surface area contributed by atoms with Gasteiger partial charge in [-0.15, -0.1) is 11.3 Å². The molecule has 8 heteroatoms. The Kier molecular flexibility index (Phi) is 5.55. The average molecular weight is 380 g/mol. The molecule has 1 amide bonds. The molecule has 2 aromatic heterocycles. The number of nitrogens with zero attached hydrogens (tertiary/aromatic N) is 2. The first-order valence-corrected chi connectivity index (χ1v) is 9.61. The van der Waals surface area contributed by atoms with Gasteiger partial charge < -0.3 is 5.32 Å². The van der Waals surface area contributed by atoms with Gasteiger partial charge in [-0.1, -0.05) is 23.7 Å². The number of halogens is 1. The minimum Gasteiger partial charge on any atom is -0.351 e. The van der Waals surface area contributed by atoms with Crippen LogP contribution >= 0.6 is 34.7 Å². The molecule has 1 N–H and O–H groups in total. The van der Waals surface area contributed by atoms with Gasteiger partial charge in [0.1, 0.15) is 5.56 Å². The molecule has 124 valence electrons. The van der Waals surface area contributed by atoms with Gasteiger partial charge in [-0.25, -0.2) is 4.98 Å². The zero-order chi connectivity index (χ0) is 16.9. The van der Waals surface area contributed by atoms with Crippen LogP contribution in [-0.4, -0.2) is 27.6 Å². The second-order valence-corrected chi connectivity index (χ2v) is 7.39. The topological polar surface area (TPSA) is 63.5 Å². The predicted octanol–water partition coefficient (Wildman–Crippen LogP) is 3.07. The van der Waals surface area contributed by atoms with E-state index in [0.29, 0.717) is 11.5 Å². The van der Waals surface area contributed by atoms with Gasteiger partial charge in [0.2, 0.25) is 0 Å². The zero-order valence-corrected chi connectivity index (χ0v) is 15.0. The lowest BCUT2D eigenvalue weighted by atomic mass is 10.2. The van der Waals surface area contributed by atoms with Crippen molar-refractivity contribution in [3.8, 4) is 0 Å². The largest absolute Gasteiger partial charge is 0.351 e. The van der Waals surface area contributed by atoms with Crippen molar-refractivity contribution < 1.29 is 4.79 Å². The molecule has 0 fully saturated rings. The Morgan fingerprint density at radius 1 is 1.42 bits per heavy atom. The SMILES string of the molecule is O=C(NCCSCc1cccc(Cl)c1)c1cnc2sccn2c1=O. The van der Waals surface area contributed by atoms with E-state index < -0.39 is 5.91 Å². The number of fused-ring (bicyclic) bond motifs is 1. The summed E-state index contributed by atoms with van der Waals surface area (Å²) in [6.07, 6.45) is 2.95. The lowest BCUT2D eigenvalue weighted by Gasteiger charge is -2.05. The number of thiazole rings is 1. The lowest BCUT2D eigenvalue weighted by molar-refractivity contribution is 0.0954. The molecule has 0 bridgehead atoms. The van der Waals surface area contributed by atoms with E-state index in [-0.39, 0.29) is 11.1 Å². The van der Waals surface area contributed by atoms with E-state index in [9.17, 15) is 9.59 Å². The van der Waals surface area contributed by atoms with Crippen LogP contribution in [0.4, 0.5) is 0 Å². The summed E-state index contributed by atoms with van der Waals surface area (Å²) in [5, 5.41) is 5.24. The molecule has 0 aliphatic rings. The van der Waals surface area contributed by atoms with Gasteiger partial charge in [0, 0.05) is 40.8 Å². The molecule has 5 nitrogen and oxygen atoms in total. The molecule has 0 spiro atoms. The molecule has 1 aromatic carbocycles. The number of carbonyl (C=O) groups is 1. The fourth-order valence-corrected chi connectivity index (χ4v) is 3.82. The third-order valence-electron chi connectivity index (χ3n) is 3.28. The predicted molar refractivity (Wildman–Crippen MR) is 99.3 cm³/mol. The van der Waals surface area contributed by atoms with Crippen molar-refractivity contribution in [2.24, 2.45) is 0 Å². The number of rotatable bonds is 6. The maximum atomic E-state index is 12.2. The first-order chi connectivity index (χ1) is 11.6. The number of nitrogens with one attached hydrogen (secondary N) is 1. The highest BCUT2D eigenvalue weighted by atomic mass is 35.5. The highest BCUT2D eigenvalue weighted by Gasteiger charge is 2.13. The van der Waals surface area contributed by atoms with E-state index in [1.165, 1.54) is 21.9 Å². The molecule has 3 aromatic rings. The second kappa shape index (κ2) is 7.83. The monoisotopic (exact) mass is 379 g/mol. The number of hydrogen-bond acceptors (Lipinski definition) is 5. The summed E-state index contributed by atoms with van der Waals surface area (Å²) in [4.78, 5) is 29.0. The second-order valence-electron chi connectivity index (χ2n) is 4.97. The molecule has 0 aliphatic carbocycles. The summed E-state index contributed by atoms with van der Waals surface area (Å²) in [5.74, 6) is 1.17. The third kappa shape index (κ3) is 3.98. The summed E-state index contributed by atoms with van der Waals surface area (Å²) in [7, 11) is 0. The first kappa shape index (κ1) is 17.0. The summed E-state index contributed by atoms with van der Waals surface area (Å²) in [6, 6.07) is 7.70. The van der Waals surface area contributed by atoms with Crippen LogP contribution < -0.4 is 10.9 Å². The average Bonchev–Trinajstić information content (AvgIpc) is 3.04. The number of amides is 1. The number of thioether (sulfide) groups is 1. The molecular weight excluding hydrogens is 366 g/mol. The van der Waals surface area contributed by atoms with Crippen LogP contribution in [0.25, 0.3) is 4.96 Å². The zero-order valence-electron chi connectivity index (χ0n) is 12.6. The normalized spacial score (nSPS) is 10.9. The molecule has 0 atom stereocenters. The van der Waals surface area contributed by atoms with Crippen LogP contribution in [0.5, 0.6) is 0 Å². The van der Waals surface area contributed by atoms with Crippen LogP contribution in [-0.2, 0) is 5.75 Å². The number of hydrogen-bond donors (Lipinski definition) is 1. The van der Waals surface area contributed by atoms with E-state index in [1.807, 2.05) is 24.3 Å². The Morgan fingerprint density at radius 2 is 2.29 bits per heavy atom. The van der Waals surface area contributed by atoms with E-state index >= 15 is 0 Å². The van der Waals surface area contributed by atoms with E-state index in [2.05, 4.69) is 10.3 Å². The summed E-state index contributed by atoms with van der Waals surface area (Å²) < 4.78 is 1.38. The minimum absolute atomic E-state index is 0.0609. The van der Waals surface area contributed by atoms with Crippen molar-refractivity contribution in [2.75, 3.05) is 12.3 Å². The quantitative estimate of drug-likeness (QED) is 0.668. The van der Waals surface area contributed by atoms with Crippen molar-refractivity contribution in [1.82, 2.24) is 14.7 Å². The molecule has 3 rings (SSSR count). The Balaban J connectivity index is 1.50. The fraction of sp³-hybridized carbons (Fsp3) is 0.188. The van der Waals surface area contributed by atoms with Gasteiger partial charge >= 0.3 is 0 Å². The highest BCUT2D eigenvalue weighted by molar-refractivity contribution is 7.98. The first-order valence-electron chi connectivity index (χ1n) is 7.20. The van der Waals surface area contributed by atoms with Gasteiger partial charge in [0.05, 0.1) is 0 Å². The summed E-state index contributed by atoms with van der Waals surface area (Å²) >= 11 is 8.98. The van der Waals surface area contributed by atoms with Gasteiger partial charge in [-0.05, 0) is 17.7 Å². The third-order valence-corrected chi connectivity index (χ3v) is 5.31. The van der Waals surface area contributed by atoms with Crippen molar-refractivity contribution in [2.45, 2.75) is 5.75 Å². The molecule has 24 heavy (non-hydrogen) atoms. The maximum Gasteiger partial charge on any atom is 0.271 e. The Labute approximate surface area is 151 Å². The highest BCUT2D eigenvalue weighted by Crippen LogP contribution is 2.16. The van der Waals surface area contributed by atoms with Crippen LogP contribution in [0.15, 0.2) is 46.8 Å². The molecular formula is C16H14ClN3O2S2. The lowest BCUT2D eigenvalue weighted by Crippen LogP contribution is -2.32. The molecule has 0 unspecified atom stereocenters. The van der Waals surface area contributed by atoms with Gasteiger partial charge in [-0.3, -0.25) is 14.0 Å².